The number of aryl methyl sites for hydroxylation is 1. The van der Waals surface area contributed by atoms with Crippen LogP contribution in [-0.2, 0) is 4.79 Å². The van der Waals surface area contributed by atoms with E-state index in [9.17, 15) is 9.59 Å². The molecular formula is C19H20ClN7O2S. The summed E-state index contributed by atoms with van der Waals surface area (Å²) in [6.45, 7) is 4.73. The van der Waals surface area contributed by atoms with Crippen molar-refractivity contribution >= 4 is 39.7 Å². The number of carbonyl (C=O) groups is 1. The Balaban J connectivity index is 1.37. The topological polar surface area (TPSA) is 96.2 Å². The first-order valence-electron chi connectivity index (χ1n) is 9.42. The lowest BCUT2D eigenvalue weighted by molar-refractivity contribution is -0.117. The number of nitrogens with zero attached hydrogens (tertiary/aromatic N) is 6. The number of rotatable bonds is 5. The third kappa shape index (κ3) is 4.50. The fourth-order valence-electron chi connectivity index (χ4n) is 3.25. The number of halogens is 1. The lowest BCUT2D eigenvalue weighted by atomic mass is 10.2. The van der Waals surface area contributed by atoms with E-state index in [-0.39, 0.29) is 23.0 Å². The van der Waals surface area contributed by atoms with E-state index in [0.717, 1.165) is 5.01 Å². The van der Waals surface area contributed by atoms with Crippen LogP contribution in [0.3, 0.4) is 0 Å². The Hall–Kier alpha value is -2.82. The minimum atomic E-state index is -0.352. The normalized spacial score (nSPS) is 14.7. The highest BCUT2D eigenvalue weighted by Gasteiger charge is 2.23. The van der Waals surface area contributed by atoms with Gasteiger partial charge in [0.1, 0.15) is 10.0 Å². The number of hydrogen-bond acceptors (Lipinski definition) is 8. The van der Waals surface area contributed by atoms with Gasteiger partial charge in [-0.3, -0.25) is 19.8 Å². The summed E-state index contributed by atoms with van der Waals surface area (Å²) in [4.78, 5) is 29.0. The largest absolute Gasteiger partial charge is 0.366 e. The van der Waals surface area contributed by atoms with Gasteiger partial charge in [-0.15, -0.1) is 10.2 Å². The van der Waals surface area contributed by atoms with Crippen LogP contribution in [0.1, 0.15) is 5.01 Å². The van der Waals surface area contributed by atoms with Crippen molar-refractivity contribution in [2.75, 3.05) is 42.9 Å². The van der Waals surface area contributed by atoms with Crippen molar-refractivity contribution < 1.29 is 4.79 Å². The Morgan fingerprint density at radius 2 is 1.90 bits per heavy atom. The van der Waals surface area contributed by atoms with Crippen molar-refractivity contribution in [1.29, 1.82) is 0 Å². The molecule has 0 aliphatic carbocycles. The molecule has 0 radical (unpaired) electrons. The van der Waals surface area contributed by atoms with Crippen molar-refractivity contribution in [2.24, 2.45) is 0 Å². The molecule has 1 aliphatic heterocycles. The first-order chi connectivity index (χ1) is 14.5. The van der Waals surface area contributed by atoms with E-state index in [4.69, 9.17) is 11.6 Å². The molecule has 3 aromatic rings. The molecule has 0 saturated carbocycles. The number of amides is 1. The summed E-state index contributed by atoms with van der Waals surface area (Å²) in [5, 5.41) is 16.3. The molecule has 1 fully saturated rings. The van der Waals surface area contributed by atoms with E-state index in [1.807, 2.05) is 34.9 Å². The Kier molecular flexibility index (Phi) is 6.07. The molecule has 0 spiro atoms. The molecule has 3 heterocycles. The summed E-state index contributed by atoms with van der Waals surface area (Å²) in [6.07, 6.45) is 1.62. The number of aromatic nitrogens is 4. The van der Waals surface area contributed by atoms with Gasteiger partial charge >= 0.3 is 0 Å². The zero-order chi connectivity index (χ0) is 21.1. The standard InChI is InChI=1S/C19H20ClN7O2S/c1-13-23-24-19(30-13)22-16(28)12-25-7-9-26(10-8-25)15-11-21-27(18(29)17(15)20)14-5-3-2-4-6-14/h2-6,11H,7-10,12H2,1H3,(H,22,24,28). The van der Waals surface area contributed by atoms with Crippen LogP contribution in [0.2, 0.25) is 5.02 Å². The molecule has 30 heavy (non-hydrogen) atoms. The summed E-state index contributed by atoms with van der Waals surface area (Å²) in [5.74, 6) is -0.121. The number of benzene rings is 1. The summed E-state index contributed by atoms with van der Waals surface area (Å²) in [6, 6.07) is 9.16. The molecule has 2 aromatic heterocycles. The van der Waals surface area contributed by atoms with E-state index in [0.29, 0.717) is 42.7 Å². The monoisotopic (exact) mass is 445 g/mol. The number of anilines is 2. The predicted octanol–water partition coefficient (Wildman–Crippen LogP) is 1.81. The number of hydrogen-bond donors (Lipinski definition) is 1. The van der Waals surface area contributed by atoms with E-state index in [1.54, 1.807) is 18.3 Å². The van der Waals surface area contributed by atoms with Crippen molar-refractivity contribution in [1.82, 2.24) is 24.9 Å². The Morgan fingerprint density at radius 3 is 2.57 bits per heavy atom. The second-order valence-corrected chi connectivity index (χ2v) is 8.39. The second kappa shape index (κ2) is 8.90. The second-order valence-electron chi connectivity index (χ2n) is 6.83. The summed E-state index contributed by atoms with van der Waals surface area (Å²) in [5.41, 5.74) is 0.925. The van der Waals surface area contributed by atoms with Gasteiger partial charge in [-0.1, -0.05) is 41.1 Å². The van der Waals surface area contributed by atoms with Crippen LogP contribution in [0, 0.1) is 6.92 Å². The van der Waals surface area contributed by atoms with Crippen LogP contribution in [0.15, 0.2) is 41.3 Å². The molecule has 0 unspecified atom stereocenters. The van der Waals surface area contributed by atoms with Gasteiger partial charge in [0, 0.05) is 26.2 Å². The van der Waals surface area contributed by atoms with Crippen molar-refractivity contribution in [2.45, 2.75) is 6.92 Å². The van der Waals surface area contributed by atoms with Gasteiger partial charge in [-0.25, -0.2) is 0 Å². The molecule has 4 rings (SSSR count). The van der Waals surface area contributed by atoms with E-state index < -0.39 is 0 Å². The van der Waals surface area contributed by atoms with Gasteiger partial charge in [0.05, 0.1) is 24.1 Å². The third-order valence-electron chi connectivity index (χ3n) is 4.75. The van der Waals surface area contributed by atoms with Crippen molar-refractivity contribution in [3.05, 3.63) is 56.9 Å². The molecule has 11 heteroatoms. The fraction of sp³-hybridized carbons (Fsp3) is 0.316. The van der Waals surface area contributed by atoms with Crippen molar-refractivity contribution in [3.63, 3.8) is 0 Å². The molecule has 156 valence electrons. The highest BCUT2D eigenvalue weighted by molar-refractivity contribution is 7.15. The summed E-state index contributed by atoms with van der Waals surface area (Å²) < 4.78 is 1.29. The first-order valence-corrected chi connectivity index (χ1v) is 10.6. The van der Waals surface area contributed by atoms with E-state index in [1.165, 1.54) is 16.0 Å². The molecule has 0 bridgehead atoms. The van der Waals surface area contributed by atoms with Crippen LogP contribution in [-0.4, -0.2) is 63.5 Å². The smallest absolute Gasteiger partial charge is 0.292 e. The van der Waals surface area contributed by atoms with Gasteiger partial charge in [0.15, 0.2) is 0 Å². The van der Waals surface area contributed by atoms with Crippen molar-refractivity contribution in [3.8, 4) is 5.69 Å². The van der Waals surface area contributed by atoms with Gasteiger partial charge in [0.25, 0.3) is 5.56 Å². The summed E-state index contributed by atoms with van der Waals surface area (Å²) >= 11 is 7.73. The Bertz CT molecular complexity index is 1090. The summed E-state index contributed by atoms with van der Waals surface area (Å²) in [7, 11) is 0. The maximum absolute atomic E-state index is 12.7. The lowest BCUT2D eigenvalue weighted by Gasteiger charge is -2.35. The maximum Gasteiger partial charge on any atom is 0.292 e. The van der Waals surface area contributed by atoms with Gasteiger partial charge in [0.2, 0.25) is 11.0 Å². The van der Waals surface area contributed by atoms with E-state index in [2.05, 4.69) is 20.6 Å². The zero-order valence-electron chi connectivity index (χ0n) is 16.3. The lowest BCUT2D eigenvalue weighted by Crippen LogP contribution is -2.49. The van der Waals surface area contributed by atoms with Crippen LogP contribution in [0.4, 0.5) is 10.8 Å². The minimum Gasteiger partial charge on any atom is -0.366 e. The van der Waals surface area contributed by atoms with E-state index >= 15 is 0 Å². The molecule has 1 amide bonds. The molecule has 0 atom stereocenters. The molecule has 9 nitrogen and oxygen atoms in total. The van der Waals surface area contributed by atoms with Gasteiger partial charge in [-0.2, -0.15) is 9.78 Å². The maximum atomic E-state index is 12.7. The van der Waals surface area contributed by atoms with Crippen LogP contribution < -0.4 is 15.8 Å². The molecule has 1 aromatic carbocycles. The average molecular weight is 446 g/mol. The number of nitrogens with one attached hydrogen (secondary N) is 1. The van der Waals surface area contributed by atoms with Gasteiger partial charge < -0.3 is 4.90 Å². The van der Waals surface area contributed by atoms with Crippen LogP contribution in [0.5, 0.6) is 0 Å². The molecule has 1 saturated heterocycles. The highest BCUT2D eigenvalue weighted by Crippen LogP contribution is 2.23. The SMILES string of the molecule is Cc1nnc(NC(=O)CN2CCN(c3cnn(-c4ccccc4)c(=O)c3Cl)CC2)s1. The van der Waals surface area contributed by atoms with Crippen LogP contribution in [0.25, 0.3) is 5.69 Å². The number of carbonyl (C=O) groups excluding carboxylic acids is 1. The highest BCUT2D eigenvalue weighted by atomic mass is 35.5. The van der Waals surface area contributed by atoms with Crippen LogP contribution >= 0.6 is 22.9 Å². The molecular weight excluding hydrogens is 426 g/mol. The predicted molar refractivity (Wildman–Crippen MR) is 117 cm³/mol. The zero-order valence-corrected chi connectivity index (χ0v) is 17.9. The fourth-order valence-corrected chi connectivity index (χ4v) is 4.11. The molecule has 1 N–H and O–H groups in total. The number of piperazine rings is 1. The molecule has 1 aliphatic rings. The average Bonchev–Trinajstić information content (AvgIpc) is 3.16. The third-order valence-corrected chi connectivity index (χ3v) is 5.86. The first kappa shape index (κ1) is 20.5. The Labute approximate surface area is 181 Å². The van der Waals surface area contributed by atoms with Gasteiger partial charge in [-0.05, 0) is 19.1 Å². The Morgan fingerprint density at radius 1 is 1.17 bits per heavy atom. The number of para-hydroxylation sites is 1. The quantitative estimate of drug-likeness (QED) is 0.639. The minimum absolute atomic E-state index is 0.121.